The molecule has 0 aliphatic heterocycles. The maximum Gasteiger partial charge on any atom is 0.226 e. The third kappa shape index (κ3) is 3.10. The SMILES string of the molecule is CCc1ccc(-c2ccccc2)c(CC(=O)Cl)c1CC. The number of aryl methyl sites for hydroxylation is 1. The van der Waals surface area contributed by atoms with Gasteiger partial charge in [-0.3, -0.25) is 4.79 Å². The van der Waals surface area contributed by atoms with Crippen LogP contribution in [0.4, 0.5) is 0 Å². The summed E-state index contributed by atoms with van der Waals surface area (Å²) in [6, 6.07) is 14.5. The molecule has 2 aromatic carbocycles. The molecular formula is C18H19ClO. The molecule has 0 saturated carbocycles. The fraction of sp³-hybridized carbons (Fsp3) is 0.278. The molecule has 0 saturated heterocycles. The summed E-state index contributed by atoms with van der Waals surface area (Å²) in [4.78, 5) is 11.4. The van der Waals surface area contributed by atoms with Gasteiger partial charge in [-0.2, -0.15) is 0 Å². The van der Waals surface area contributed by atoms with Gasteiger partial charge in [0.2, 0.25) is 5.24 Å². The smallest absolute Gasteiger partial charge is 0.226 e. The van der Waals surface area contributed by atoms with Crippen LogP contribution in [0.2, 0.25) is 0 Å². The summed E-state index contributed by atoms with van der Waals surface area (Å²) in [5.41, 5.74) is 5.91. The highest BCUT2D eigenvalue weighted by Crippen LogP contribution is 2.30. The second kappa shape index (κ2) is 6.71. The monoisotopic (exact) mass is 286 g/mol. The Morgan fingerprint density at radius 1 is 0.950 bits per heavy atom. The first-order valence-electron chi connectivity index (χ1n) is 7.04. The third-order valence-electron chi connectivity index (χ3n) is 3.66. The molecule has 0 aromatic heterocycles. The molecular weight excluding hydrogens is 268 g/mol. The van der Waals surface area contributed by atoms with E-state index in [2.05, 4.69) is 38.1 Å². The van der Waals surface area contributed by atoms with Crippen molar-refractivity contribution in [3.63, 3.8) is 0 Å². The number of hydrogen-bond acceptors (Lipinski definition) is 1. The standard InChI is InChI=1S/C18H19ClO/c1-3-13-10-11-16(14-8-6-5-7-9-14)17(12-18(19)20)15(13)4-2/h5-11H,3-4,12H2,1-2H3. The average Bonchev–Trinajstić information content (AvgIpc) is 2.47. The highest BCUT2D eigenvalue weighted by molar-refractivity contribution is 6.63. The van der Waals surface area contributed by atoms with Crippen LogP contribution in [0.15, 0.2) is 42.5 Å². The van der Waals surface area contributed by atoms with Crippen molar-refractivity contribution < 1.29 is 4.79 Å². The molecule has 0 radical (unpaired) electrons. The topological polar surface area (TPSA) is 17.1 Å². The van der Waals surface area contributed by atoms with E-state index in [9.17, 15) is 4.79 Å². The molecule has 0 unspecified atom stereocenters. The molecule has 0 aliphatic rings. The molecule has 1 nitrogen and oxygen atoms in total. The van der Waals surface area contributed by atoms with Crippen LogP contribution in [0.5, 0.6) is 0 Å². The van der Waals surface area contributed by atoms with Crippen molar-refractivity contribution in [2.45, 2.75) is 33.1 Å². The Hall–Kier alpha value is -1.60. The zero-order chi connectivity index (χ0) is 14.5. The first-order valence-corrected chi connectivity index (χ1v) is 7.42. The van der Waals surface area contributed by atoms with Gasteiger partial charge in [-0.25, -0.2) is 0 Å². The van der Waals surface area contributed by atoms with E-state index in [1.807, 2.05) is 18.2 Å². The van der Waals surface area contributed by atoms with Crippen LogP contribution in [0.1, 0.15) is 30.5 Å². The molecule has 0 fully saturated rings. The predicted molar refractivity (Wildman–Crippen MR) is 85.2 cm³/mol. The number of benzene rings is 2. The minimum Gasteiger partial charge on any atom is -0.281 e. The van der Waals surface area contributed by atoms with Gasteiger partial charge >= 0.3 is 0 Å². The summed E-state index contributed by atoms with van der Waals surface area (Å²) in [5.74, 6) is 0. The lowest BCUT2D eigenvalue weighted by Crippen LogP contribution is -2.05. The van der Waals surface area contributed by atoms with Gasteiger partial charge in [0.25, 0.3) is 0 Å². The fourth-order valence-electron chi connectivity index (χ4n) is 2.74. The number of hydrogen-bond donors (Lipinski definition) is 0. The van der Waals surface area contributed by atoms with Gasteiger partial charge in [-0.15, -0.1) is 0 Å². The molecule has 0 atom stereocenters. The van der Waals surface area contributed by atoms with Crippen LogP contribution in [0, 0.1) is 0 Å². The van der Waals surface area contributed by atoms with E-state index in [1.165, 1.54) is 11.1 Å². The average molecular weight is 287 g/mol. The van der Waals surface area contributed by atoms with Crippen molar-refractivity contribution in [3.8, 4) is 11.1 Å². The molecule has 2 aromatic rings. The van der Waals surface area contributed by atoms with Crippen LogP contribution in [-0.4, -0.2) is 5.24 Å². The molecule has 2 heteroatoms. The lowest BCUT2D eigenvalue weighted by atomic mass is 9.88. The first kappa shape index (κ1) is 14.8. The summed E-state index contributed by atoms with van der Waals surface area (Å²) in [6.07, 6.45) is 2.19. The van der Waals surface area contributed by atoms with Gasteiger partial charge < -0.3 is 0 Å². The van der Waals surface area contributed by atoms with Crippen LogP contribution in [0.25, 0.3) is 11.1 Å². The maximum absolute atomic E-state index is 11.4. The molecule has 104 valence electrons. The van der Waals surface area contributed by atoms with E-state index < -0.39 is 0 Å². The number of rotatable bonds is 5. The van der Waals surface area contributed by atoms with E-state index in [1.54, 1.807) is 0 Å². The Bertz CT molecular complexity index is 602. The van der Waals surface area contributed by atoms with E-state index in [0.29, 0.717) is 6.42 Å². The normalized spacial score (nSPS) is 10.6. The van der Waals surface area contributed by atoms with Crippen molar-refractivity contribution in [3.05, 3.63) is 59.2 Å². The Kier molecular flexibility index (Phi) is 4.97. The summed E-state index contributed by atoms with van der Waals surface area (Å²) in [5, 5.41) is -0.301. The molecule has 20 heavy (non-hydrogen) atoms. The van der Waals surface area contributed by atoms with Gasteiger partial charge in [0.15, 0.2) is 0 Å². The summed E-state index contributed by atoms with van der Waals surface area (Å²) in [7, 11) is 0. The second-order valence-corrected chi connectivity index (χ2v) is 5.26. The van der Waals surface area contributed by atoms with Crippen molar-refractivity contribution in [2.24, 2.45) is 0 Å². The Morgan fingerprint density at radius 2 is 1.65 bits per heavy atom. The highest BCUT2D eigenvalue weighted by atomic mass is 35.5. The van der Waals surface area contributed by atoms with Crippen LogP contribution >= 0.6 is 11.6 Å². The van der Waals surface area contributed by atoms with Crippen LogP contribution < -0.4 is 0 Å². The zero-order valence-corrected chi connectivity index (χ0v) is 12.7. The Morgan fingerprint density at radius 3 is 2.20 bits per heavy atom. The molecule has 0 amide bonds. The number of carbonyl (C=O) groups excluding carboxylic acids is 1. The third-order valence-corrected chi connectivity index (χ3v) is 3.80. The van der Waals surface area contributed by atoms with Gasteiger partial charge in [-0.1, -0.05) is 56.3 Å². The van der Waals surface area contributed by atoms with Crippen molar-refractivity contribution >= 4 is 16.8 Å². The van der Waals surface area contributed by atoms with Crippen LogP contribution in [0.3, 0.4) is 0 Å². The molecule has 0 heterocycles. The summed E-state index contributed by atoms with van der Waals surface area (Å²) in [6.45, 7) is 4.27. The highest BCUT2D eigenvalue weighted by Gasteiger charge is 2.14. The van der Waals surface area contributed by atoms with Crippen molar-refractivity contribution in [1.82, 2.24) is 0 Å². The summed E-state index contributed by atoms with van der Waals surface area (Å²) >= 11 is 5.66. The van der Waals surface area contributed by atoms with Gasteiger partial charge in [0.05, 0.1) is 0 Å². The molecule has 0 aliphatic carbocycles. The van der Waals surface area contributed by atoms with E-state index >= 15 is 0 Å². The van der Waals surface area contributed by atoms with E-state index in [4.69, 9.17) is 11.6 Å². The minimum atomic E-state index is -0.301. The molecule has 0 bridgehead atoms. The number of carbonyl (C=O) groups is 1. The van der Waals surface area contributed by atoms with Crippen molar-refractivity contribution in [1.29, 1.82) is 0 Å². The summed E-state index contributed by atoms with van der Waals surface area (Å²) < 4.78 is 0. The second-order valence-electron chi connectivity index (χ2n) is 4.83. The zero-order valence-electron chi connectivity index (χ0n) is 11.9. The minimum absolute atomic E-state index is 0.294. The molecule has 0 spiro atoms. The molecule has 2 rings (SSSR count). The Balaban J connectivity index is 2.64. The van der Waals surface area contributed by atoms with Gasteiger partial charge in [0.1, 0.15) is 0 Å². The van der Waals surface area contributed by atoms with Gasteiger partial charge in [-0.05, 0) is 52.3 Å². The lowest BCUT2D eigenvalue weighted by molar-refractivity contribution is -0.111. The molecule has 0 N–H and O–H groups in total. The Labute approximate surface area is 125 Å². The lowest BCUT2D eigenvalue weighted by Gasteiger charge is -2.17. The van der Waals surface area contributed by atoms with Gasteiger partial charge in [0, 0.05) is 6.42 Å². The van der Waals surface area contributed by atoms with Crippen LogP contribution in [-0.2, 0) is 24.1 Å². The largest absolute Gasteiger partial charge is 0.281 e. The number of halogens is 1. The van der Waals surface area contributed by atoms with E-state index in [0.717, 1.165) is 29.5 Å². The fourth-order valence-corrected chi connectivity index (χ4v) is 2.88. The van der Waals surface area contributed by atoms with E-state index in [-0.39, 0.29) is 5.24 Å². The predicted octanol–water partition coefficient (Wildman–Crippen LogP) is 4.79. The maximum atomic E-state index is 11.4. The van der Waals surface area contributed by atoms with Crippen molar-refractivity contribution in [2.75, 3.05) is 0 Å². The first-order chi connectivity index (χ1) is 9.67. The quantitative estimate of drug-likeness (QED) is 0.723.